The minimum atomic E-state index is 0.297. The van der Waals surface area contributed by atoms with Crippen LogP contribution in [0.15, 0.2) is 11.6 Å². The van der Waals surface area contributed by atoms with Gasteiger partial charge < -0.3 is 4.74 Å². The molecule has 0 spiro atoms. The van der Waals surface area contributed by atoms with E-state index in [-0.39, 0.29) is 0 Å². The molecule has 1 heterocycles. The lowest BCUT2D eigenvalue weighted by atomic mass is 9.98. The Hall–Kier alpha value is -0.0100. The van der Waals surface area contributed by atoms with Gasteiger partial charge in [-0.1, -0.05) is 11.6 Å². The Morgan fingerprint density at radius 1 is 1.45 bits per heavy atom. The van der Waals surface area contributed by atoms with Crippen LogP contribution < -0.4 is 0 Å². The lowest BCUT2D eigenvalue weighted by Crippen LogP contribution is -2.00. The molecule has 2 atom stereocenters. The van der Waals surface area contributed by atoms with Crippen LogP contribution >= 0.6 is 11.6 Å². The van der Waals surface area contributed by atoms with E-state index in [1.54, 1.807) is 5.57 Å². The second-order valence-corrected chi connectivity index (χ2v) is 3.92. The standard InChI is InChI=1S/C9H13ClO/c10-9-2-1-7(5-9)8-3-4-11-6-8/h5,8-9H,1-4,6H2. The molecule has 0 amide bonds. The van der Waals surface area contributed by atoms with Gasteiger partial charge in [-0.05, 0) is 19.3 Å². The molecule has 62 valence electrons. The number of hydrogen-bond acceptors (Lipinski definition) is 1. The Labute approximate surface area is 72.4 Å². The molecule has 0 bridgehead atoms. The van der Waals surface area contributed by atoms with Gasteiger partial charge in [0.25, 0.3) is 0 Å². The molecule has 0 aromatic heterocycles. The van der Waals surface area contributed by atoms with E-state index in [0.717, 1.165) is 19.6 Å². The van der Waals surface area contributed by atoms with Gasteiger partial charge in [-0.3, -0.25) is 0 Å². The first-order valence-corrected chi connectivity index (χ1v) is 4.72. The zero-order valence-electron chi connectivity index (χ0n) is 6.55. The highest BCUT2D eigenvalue weighted by Crippen LogP contribution is 2.32. The van der Waals surface area contributed by atoms with Crippen molar-refractivity contribution in [3.05, 3.63) is 11.6 Å². The molecule has 2 heteroatoms. The number of alkyl halides is 1. The SMILES string of the molecule is ClC1C=C(C2CCOC2)CC1. The second kappa shape index (κ2) is 3.16. The van der Waals surface area contributed by atoms with Crippen molar-refractivity contribution in [1.29, 1.82) is 0 Å². The van der Waals surface area contributed by atoms with Crippen molar-refractivity contribution in [3.8, 4) is 0 Å². The van der Waals surface area contributed by atoms with Gasteiger partial charge >= 0.3 is 0 Å². The first-order valence-electron chi connectivity index (χ1n) is 4.28. The molecular formula is C9H13ClO. The maximum absolute atomic E-state index is 5.97. The average molecular weight is 173 g/mol. The zero-order valence-corrected chi connectivity index (χ0v) is 7.31. The molecule has 11 heavy (non-hydrogen) atoms. The Morgan fingerprint density at radius 2 is 2.36 bits per heavy atom. The molecule has 1 aliphatic carbocycles. The van der Waals surface area contributed by atoms with E-state index in [4.69, 9.17) is 16.3 Å². The first-order chi connectivity index (χ1) is 5.36. The van der Waals surface area contributed by atoms with E-state index in [0.29, 0.717) is 11.3 Å². The number of hydrogen-bond donors (Lipinski definition) is 0. The van der Waals surface area contributed by atoms with Crippen LogP contribution in [0.3, 0.4) is 0 Å². The van der Waals surface area contributed by atoms with Crippen molar-refractivity contribution in [2.24, 2.45) is 5.92 Å². The van der Waals surface area contributed by atoms with Crippen LogP contribution in [-0.4, -0.2) is 18.6 Å². The summed E-state index contributed by atoms with van der Waals surface area (Å²) in [5, 5.41) is 0.297. The molecule has 1 aliphatic heterocycles. The maximum Gasteiger partial charge on any atom is 0.0532 e. The molecule has 0 radical (unpaired) electrons. The molecule has 0 aromatic rings. The van der Waals surface area contributed by atoms with Gasteiger partial charge in [0.15, 0.2) is 0 Å². The van der Waals surface area contributed by atoms with Crippen LogP contribution in [0.4, 0.5) is 0 Å². The molecule has 0 saturated carbocycles. The van der Waals surface area contributed by atoms with Crippen molar-refractivity contribution < 1.29 is 4.74 Å². The van der Waals surface area contributed by atoms with Gasteiger partial charge in [-0.2, -0.15) is 0 Å². The number of halogens is 1. The highest BCUT2D eigenvalue weighted by atomic mass is 35.5. The van der Waals surface area contributed by atoms with Crippen LogP contribution in [-0.2, 0) is 4.74 Å². The van der Waals surface area contributed by atoms with Gasteiger partial charge in [-0.25, -0.2) is 0 Å². The van der Waals surface area contributed by atoms with Crippen molar-refractivity contribution in [1.82, 2.24) is 0 Å². The predicted octanol–water partition coefficient (Wildman–Crippen LogP) is 2.35. The summed E-state index contributed by atoms with van der Waals surface area (Å²) < 4.78 is 5.32. The number of allylic oxidation sites excluding steroid dienone is 1. The summed E-state index contributed by atoms with van der Waals surface area (Å²) in [5.41, 5.74) is 1.54. The Balaban J connectivity index is 1.98. The fourth-order valence-corrected chi connectivity index (χ4v) is 2.14. The van der Waals surface area contributed by atoms with E-state index in [1.165, 1.54) is 12.8 Å². The molecule has 1 saturated heterocycles. The number of rotatable bonds is 1. The minimum Gasteiger partial charge on any atom is -0.381 e. The molecule has 1 nitrogen and oxygen atoms in total. The monoisotopic (exact) mass is 172 g/mol. The largest absolute Gasteiger partial charge is 0.381 e. The lowest BCUT2D eigenvalue weighted by molar-refractivity contribution is 0.190. The average Bonchev–Trinajstić information content (AvgIpc) is 2.55. The Morgan fingerprint density at radius 3 is 2.91 bits per heavy atom. The fraction of sp³-hybridized carbons (Fsp3) is 0.778. The summed E-state index contributed by atoms with van der Waals surface area (Å²) in [6, 6.07) is 0. The third-order valence-corrected chi connectivity index (χ3v) is 2.90. The lowest BCUT2D eigenvalue weighted by Gasteiger charge is -2.06. The van der Waals surface area contributed by atoms with Crippen LogP contribution in [0.25, 0.3) is 0 Å². The smallest absolute Gasteiger partial charge is 0.0532 e. The van der Waals surface area contributed by atoms with Gasteiger partial charge in [0.05, 0.1) is 12.0 Å². The fourth-order valence-electron chi connectivity index (χ4n) is 1.87. The third-order valence-electron chi connectivity index (χ3n) is 2.56. The van der Waals surface area contributed by atoms with E-state index >= 15 is 0 Å². The molecule has 2 aliphatic rings. The van der Waals surface area contributed by atoms with Crippen molar-refractivity contribution >= 4 is 11.6 Å². The molecule has 0 N–H and O–H groups in total. The van der Waals surface area contributed by atoms with Crippen LogP contribution in [0.2, 0.25) is 0 Å². The van der Waals surface area contributed by atoms with Crippen LogP contribution in [0, 0.1) is 5.92 Å². The highest BCUT2D eigenvalue weighted by molar-refractivity contribution is 6.22. The molecular weight excluding hydrogens is 160 g/mol. The second-order valence-electron chi connectivity index (χ2n) is 3.36. The molecule has 1 fully saturated rings. The van der Waals surface area contributed by atoms with Gasteiger partial charge in [0.2, 0.25) is 0 Å². The summed E-state index contributed by atoms with van der Waals surface area (Å²) in [6.45, 7) is 1.87. The van der Waals surface area contributed by atoms with Gasteiger partial charge in [-0.15, -0.1) is 11.6 Å². The summed E-state index contributed by atoms with van der Waals surface area (Å²) in [7, 11) is 0. The van der Waals surface area contributed by atoms with E-state index < -0.39 is 0 Å². The molecule has 0 aromatic carbocycles. The normalized spacial score (nSPS) is 37.7. The number of ether oxygens (including phenoxy) is 1. The van der Waals surface area contributed by atoms with Gasteiger partial charge in [0, 0.05) is 12.5 Å². The van der Waals surface area contributed by atoms with Crippen LogP contribution in [0.1, 0.15) is 19.3 Å². The topological polar surface area (TPSA) is 9.23 Å². The first kappa shape index (κ1) is 7.63. The van der Waals surface area contributed by atoms with Crippen molar-refractivity contribution in [3.63, 3.8) is 0 Å². The van der Waals surface area contributed by atoms with E-state index in [1.807, 2.05) is 0 Å². The molecule has 2 rings (SSSR count). The highest BCUT2D eigenvalue weighted by Gasteiger charge is 2.24. The van der Waals surface area contributed by atoms with Crippen molar-refractivity contribution in [2.45, 2.75) is 24.6 Å². The maximum atomic E-state index is 5.97. The summed E-state index contributed by atoms with van der Waals surface area (Å²) >= 11 is 5.97. The van der Waals surface area contributed by atoms with Crippen LogP contribution in [0.5, 0.6) is 0 Å². The Kier molecular flexibility index (Phi) is 2.19. The summed E-state index contributed by atoms with van der Waals surface area (Å²) in [5.74, 6) is 0.693. The zero-order chi connectivity index (χ0) is 7.68. The van der Waals surface area contributed by atoms with Crippen molar-refractivity contribution in [2.75, 3.05) is 13.2 Å². The Bertz CT molecular complexity index is 170. The predicted molar refractivity (Wildman–Crippen MR) is 45.9 cm³/mol. The minimum absolute atomic E-state index is 0.297. The quantitative estimate of drug-likeness (QED) is 0.436. The summed E-state index contributed by atoms with van der Waals surface area (Å²) in [6.07, 6.45) is 5.76. The molecule has 2 unspecified atom stereocenters. The van der Waals surface area contributed by atoms with Gasteiger partial charge in [0.1, 0.15) is 0 Å². The third kappa shape index (κ3) is 1.60. The van der Waals surface area contributed by atoms with E-state index in [2.05, 4.69) is 6.08 Å². The summed E-state index contributed by atoms with van der Waals surface area (Å²) in [4.78, 5) is 0. The van der Waals surface area contributed by atoms with E-state index in [9.17, 15) is 0 Å².